The Hall–Kier alpha value is -1.33. The van der Waals surface area contributed by atoms with E-state index >= 15 is 0 Å². The minimum Gasteiger partial charge on any atom is -0.493 e. The highest BCUT2D eigenvalue weighted by Crippen LogP contribution is 2.45. The molecule has 4 nitrogen and oxygen atoms in total. The van der Waals surface area contributed by atoms with Crippen LogP contribution in [0.15, 0.2) is 12.1 Å². The monoisotopic (exact) mass is 391 g/mol. The van der Waals surface area contributed by atoms with Crippen LogP contribution in [0.5, 0.6) is 11.5 Å². The third-order valence-electron chi connectivity index (χ3n) is 6.52. The molecule has 1 saturated carbocycles. The number of aliphatic hydroxyl groups is 1. The van der Waals surface area contributed by atoms with E-state index in [1.54, 1.807) is 7.11 Å². The Kier molecular flexibility index (Phi) is 5.11. The molecule has 0 amide bonds. The maximum atomic E-state index is 14.0. The summed E-state index contributed by atoms with van der Waals surface area (Å²) in [5.41, 5.74) is 1.54. The number of aliphatic hydroxyl groups excluding tert-OH is 1. The summed E-state index contributed by atoms with van der Waals surface area (Å²) in [4.78, 5) is 2.52. The van der Waals surface area contributed by atoms with E-state index in [-0.39, 0.29) is 24.2 Å². The molecule has 0 radical (unpaired) electrons. The molecule has 1 saturated heterocycles. The molecule has 5 heteroatoms. The fraction of sp³-hybridized carbons (Fsp3) is 0.739. The molecule has 28 heavy (non-hydrogen) atoms. The second kappa shape index (κ2) is 7.17. The number of hydrogen-bond acceptors (Lipinski definition) is 4. The summed E-state index contributed by atoms with van der Waals surface area (Å²) in [5, 5.41) is 10.8. The minimum absolute atomic E-state index is 0.102. The van der Waals surface area contributed by atoms with Crippen LogP contribution in [0.2, 0.25) is 0 Å². The number of piperidine rings is 1. The quantitative estimate of drug-likeness (QED) is 0.813. The van der Waals surface area contributed by atoms with Gasteiger partial charge in [0.05, 0.1) is 13.2 Å². The van der Waals surface area contributed by atoms with Crippen LogP contribution >= 0.6 is 0 Å². The standard InChI is InChI=1S/C23H34FNO3/c1-22(2,3)12-16-13-25-8-5-15-9-21(28-14-23(24)6-7-23)20(27-4)10-17(15)18(25)11-19(16)26/h9-10,16,18-19,26H,5-8,11-14H2,1-4H3/t16-,18-,19+/m1/s1. The number of methoxy groups -OCH3 is 1. The van der Waals surface area contributed by atoms with Gasteiger partial charge in [-0.15, -0.1) is 0 Å². The van der Waals surface area contributed by atoms with Crippen LogP contribution < -0.4 is 9.47 Å². The van der Waals surface area contributed by atoms with Crippen molar-refractivity contribution < 1.29 is 19.0 Å². The number of benzene rings is 1. The van der Waals surface area contributed by atoms with Gasteiger partial charge in [0, 0.05) is 19.1 Å². The lowest BCUT2D eigenvalue weighted by Crippen LogP contribution is -2.48. The van der Waals surface area contributed by atoms with Gasteiger partial charge in [-0.2, -0.15) is 0 Å². The van der Waals surface area contributed by atoms with E-state index in [2.05, 4.69) is 31.7 Å². The van der Waals surface area contributed by atoms with Crippen LogP contribution in [0.1, 0.15) is 63.6 Å². The summed E-state index contributed by atoms with van der Waals surface area (Å²) in [5.74, 6) is 1.62. The maximum Gasteiger partial charge on any atom is 0.161 e. The topological polar surface area (TPSA) is 41.9 Å². The lowest BCUT2D eigenvalue weighted by atomic mass is 9.75. The molecular formula is C23H34FNO3. The fourth-order valence-corrected chi connectivity index (χ4v) is 4.85. The van der Waals surface area contributed by atoms with Crippen molar-refractivity contribution in [2.75, 3.05) is 26.8 Å². The zero-order chi connectivity index (χ0) is 20.1. The van der Waals surface area contributed by atoms with Crippen LogP contribution in [0.3, 0.4) is 0 Å². The first kappa shape index (κ1) is 20.0. The summed E-state index contributed by atoms with van der Waals surface area (Å²) < 4.78 is 25.3. The van der Waals surface area contributed by atoms with Crippen LogP contribution in [-0.4, -0.2) is 48.6 Å². The van der Waals surface area contributed by atoms with Crippen molar-refractivity contribution in [1.82, 2.24) is 4.90 Å². The number of alkyl halides is 1. The number of halogens is 1. The molecule has 3 aliphatic rings. The molecule has 0 bridgehead atoms. The SMILES string of the molecule is COc1cc2c(cc1OCC1(F)CC1)CCN1C[C@@H](CC(C)(C)C)[C@@H](O)C[C@H]21. The number of hydrogen-bond donors (Lipinski definition) is 1. The Labute approximate surface area is 168 Å². The molecule has 2 fully saturated rings. The van der Waals surface area contributed by atoms with E-state index in [4.69, 9.17) is 9.47 Å². The average Bonchev–Trinajstić information content (AvgIpc) is 3.36. The van der Waals surface area contributed by atoms with E-state index in [1.165, 1.54) is 11.1 Å². The predicted octanol–water partition coefficient (Wildman–Crippen LogP) is 4.29. The highest BCUT2D eigenvalue weighted by molar-refractivity contribution is 5.49. The molecule has 1 aromatic rings. The van der Waals surface area contributed by atoms with Crippen LogP contribution in [0.4, 0.5) is 4.39 Å². The average molecular weight is 392 g/mol. The number of nitrogens with zero attached hydrogens (tertiary/aromatic N) is 1. The van der Waals surface area contributed by atoms with Gasteiger partial charge in [0.25, 0.3) is 0 Å². The van der Waals surface area contributed by atoms with Crippen molar-refractivity contribution in [3.8, 4) is 11.5 Å². The van der Waals surface area contributed by atoms with Crippen LogP contribution in [-0.2, 0) is 6.42 Å². The van der Waals surface area contributed by atoms with Crippen LogP contribution in [0, 0.1) is 11.3 Å². The summed E-state index contributed by atoms with van der Waals surface area (Å²) in [6.45, 7) is 8.76. The Morgan fingerprint density at radius 2 is 2.00 bits per heavy atom. The van der Waals surface area contributed by atoms with E-state index in [9.17, 15) is 9.50 Å². The van der Waals surface area contributed by atoms with E-state index in [1.807, 2.05) is 6.07 Å². The van der Waals surface area contributed by atoms with Crippen molar-refractivity contribution in [3.05, 3.63) is 23.3 Å². The van der Waals surface area contributed by atoms with Crippen LogP contribution in [0.25, 0.3) is 0 Å². The lowest BCUT2D eigenvalue weighted by molar-refractivity contribution is -0.0259. The molecule has 0 spiro atoms. The highest BCUT2D eigenvalue weighted by atomic mass is 19.1. The van der Waals surface area contributed by atoms with Gasteiger partial charge in [-0.1, -0.05) is 20.8 Å². The van der Waals surface area contributed by atoms with E-state index in [0.29, 0.717) is 30.3 Å². The molecule has 2 aliphatic heterocycles. The largest absolute Gasteiger partial charge is 0.493 e. The Morgan fingerprint density at radius 1 is 1.25 bits per heavy atom. The summed E-state index contributed by atoms with van der Waals surface area (Å²) in [6.07, 6.45) is 3.63. The number of rotatable bonds is 5. The lowest BCUT2D eigenvalue weighted by Gasteiger charge is -2.47. The Balaban J connectivity index is 1.54. The van der Waals surface area contributed by atoms with Gasteiger partial charge < -0.3 is 14.6 Å². The van der Waals surface area contributed by atoms with Crippen molar-refractivity contribution in [3.63, 3.8) is 0 Å². The molecule has 4 rings (SSSR count). The van der Waals surface area contributed by atoms with E-state index < -0.39 is 5.67 Å². The second-order valence-corrected chi connectivity index (χ2v) is 10.2. The molecule has 0 aromatic heterocycles. The third-order valence-corrected chi connectivity index (χ3v) is 6.52. The maximum absolute atomic E-state index is 14.0. The second-order valence-electron chi connectivity index (χ2n) is 10.2. The number of ether oxygens (including phenoxy) is 2. The molecule has 156 valence electrons. The third kappa shape index (κ3) is 4.16. The highest BCUT2D eigenvalue weighted by Gasteiger charge is 2.44. The first-order valence-corrected chi connectivity index (χ1v) is 10.6. The zero-order valence-electron chi connectivity index (χ0n) is 17.6. The fourth-order valence-electron chi connectivity index (χ4n) is 4.85. The molecular weight excluding hydrogens is 357 g/mol. The van der Waals surface area contributed by atoms with E-state index in [0.717, 1.165) is 32.4 Å². The number of fused-ring (bicyclic) bond motifs is 3. The zero-order valence-corrected chi connectivity index (χ0v) is 17.6. The first-order valence-electron chi connectivity index (χ1n) is 10.6. The van der Waals surface area contributed by atoms with Crippen molar-refractivity contribution in [2.45, 2.75) is 70.7 Å². The summed E-state index contributed by atoms with van der Waals surface area (Å²) in [7, 11) is 1.63. The van der Waals surface area contributed by atoms with Gasteiger partial charge in [-0.3, -0.25) is 4.90 Å². The Bertz CT molecular complexity index is 725. The molecule has 1 N–H and O–H groups in total. The molecule has 1 aliphatic carbocycles. The molecule has 1 aromatic carbocycles. The first-order chi connectivity index (χ1) is 13.2. The van der Waals surface area contributed by atoms with Gasteiger partial charge in [0.1, 0.15) is 12.3 Å². The summed E-state index contributed by atoms with van der Waals surface area (Å²) >= 11 is 0. The van der Waals surface area contributed by atoms with Gasteiger partial charge in [0.15, 0.2) is 11.5 Å². The van der Waals surface area contributed by atoms with Crippen molar-refractivity contribution in [2.24, 2.45) is 11.3 Å². The Morgan fingerprint density at radius 3 is 2.64 bits per heavy atom. The van der Waals surface area contributed by atoms with Gasteiger partial charge in [-0.25, -0.2) is 4.39 Å². The molecule has 3 atom stereocenters. The van der Waals surface area contributed by atoms with Crippen molar-refractivity contribution >= 4 is 0 Å². The molecule has 0 unspecified atom stereocenters. The van der Waals surface area contributed by atoms with Gasteiger partial charge in [0.2, 0.25) is 0 Å². The van der Waals surface area contributed by atoms with Gasteiger partial charge in [-0.05, 0) is 66.7 Å². The predicted molar refractivity (Wildman–Crippen MR) is 108 cm³/mol. The van der Waals surface area contributed by atoms with Crippen molar-refractivity contribution in [1.29, 1.82) is 0 Å². The summed E-state index contributed by atoms with van der Waals surface area (Å²) in [6, 6.07) is 4.30. The normalized spacial score (nSPS) is 29.0. The van der Waals surface area contributed by atoms with Gasteiger partial charge >= 0.3 is 0 Å². The smallest absolute Gasteiger partial charge is 0.161 e. The minimum atomic E-state index is -1.15. The molecule has 2 heterocycles.